The van der Waals surface area contributed by atoms with Gasteiger partial charge in [-0.15, -0.1) is 0 Å². The predicted octanol–water partition coefficient (Wildman–Crippen LogP) is 4.55. The summed E-state index contributed by atoms with van der Waals surface area (Å²) in [7, 11) is 0. The molecule has 4 aromatic rings. The van der Waals surface area contributed by atoms with Crippen LogP contribution >= 0.6 is 0 Å². The lowest BCUT2D eigenvalue weighted by atomic mass is 10.1. The minimum absolute atomic E-state index is 0.123. The van der Waals surface area contributed by atoms with Gasteiger partial charge in [0.25, 0.3) is 5.91 Å². The van der Waals surface area contributed by atoms with E-state index in [-0.39, 0.29) is 24.6 Å². The minimum Gasteiger partial charge on any atom is -0.351 e. The van der Waals surface area contributed by atoms with E-state index in [4.69, 9.17) is 0 Å². The van der Waals surface area contributed by atoms with Gasteiger partial charge in [0.05, 0.1) is 11.3 Å². The Labute approximate surface area is 182 Å². The summed E-state index contributed by atoms with van der Waals surface area (Å²) in [4.78, 5) is 16.9. The van der Waals surface area contributed by atoms with E-state index in [1.807, 2.05) is 31.2 Å². The molecule has 0 bridgehead atoms. The summed E-state index contributed by atoms with van der Waals surface area (Å²) >= 11 is 0. The Kier molecular flexibility index (Phi) is 6.07. The van der Waals surface area contributed by atoms with Crippen LogP contribution in [0.15, 0.2) is 67.1 Å². The van der Waals surface area contributed by atoms with Crippen LogP contribution in [0.3, 0.4) is 0 Å². The van der Waals surface area contributed by atoms with Gasteiger partial charge in [-0.3, -0.25) is 9.36 Å². The van der Waals surface area contributed by atoms with Crippen molar-refractivity contribution >= 4 is 5.91 Å². The summed E-state index contributed by atoms with van der Waals surface area (Å²) in [6.07, 6.45) is 4.21. The number of amides is 1. The normalized spacial score (nSPS) is 11.2. The van der Waals surface area contributed by atoms with Crippen LogP contribution in [0.1, 0.15) is 28.3 Å². The molecule has 0 atom stereocenters. The molecule has 1 amide bonds. The fourth-order valence-corrected chi connectivity index (χ4v) is 3.37. The van der Waals surface area contributed by atoms with Gasteiger partial charge in [-0.2, -0.15) is 13.9 Å². The van der Waals surface area contributed by atoms with Crippen LogP contribution < -0.4 is 5.32 Å². The fourth-order valence-electron chi connectivity index (χ4n) is 3.37. The Morgan fingerprint density at radius 3 is 2.66 bits per heavy atom. The number of aromatic nitrogens is 4. The molecule has 2 heterocycles. The number of benzene rings is 2. The topological polar surface area (TPSA) is 64.7 Å². The van der Waals surface area contributed by atoms with Gasteiger partial charge in [-0.1, -0.05) is 23.8 Å². The summed E-state index contributed by atoms with van der Waals surface area (Å²) in [5.74, 6) is -0.592. The van der Waals surface area contributed by atoms with Crippen molar-refractivity contribution in [1.82, 2.24) is 24.6 Å². The van der Waals surface area contributed by atoms with E-state index in [1.165, 1.54) is 29.2 Å². The average molecular weight is 439 g/mol. The van der Waals surface area contributed by atoms with Gasteiger partial charge in [0.15, 0.2) is 0 Å². The molecule has 164 valence electrons. The highest BCUT2D eigenvalue weighted by Crippen LogP contribution is 2.25. The molecular formula is C23H20F3N5O. The Morgan fingerprint density at radius 2 is 1.94 bits per heavy atom. The second-order valence-corrected chi connectivity index (χ2v) is 7.22. The van der Waals surface area contributed by atoms with E-state index in [9.17, 15) is 18.0 Å². The van der Waals surface area contributed by atoms with Gasteiger partial charge in [0, 0.05) is 37.1 Å². The largest absolute Gasteiger partial charge is 0.351 e. The Balaban J connectivity index is 1.60. The number of carbonyl (C=O) groups is 1. The maximum atomic E-state index is 13.3. The third-order valence-electron chi connectivity index (χ3n) is 4.93. The molecule has 0 fully saturated rings. The Hall–Kier alpha value is -3.88. The number of nitrogens with zero attached hydrogens (tertiary/aromatic N) is 4. The SMILES string of the molecule is Cc1cccc(-c2nn(-c3ccc(F)cc3)cc2C(=O)NCCc2nccn2C(F)F)c1. The van der Waals surface area contributed by atoms with Crippen LogP contribution in [0, 0.1) is 12.7 Å². The van der Waals surface area contributed by atoms with Crippen LogP contribution in [-0.4, -0.2) is 31.8 Å². The maximum Gasteiger partial charge on any atom is 0.319 e. The van der Waals surface area contributed by atoms with Gasteiger partial charge >= 0.3 is 6.55 Å². The molecule has 0 saturated carbocycles. The standard InChI is InChI=1S/C23H20F3N5O/c1-15-3-2-4-16(13-15)21-19(14-31(29-21)18-7-5-17(24)6-8-18)22(32)28-10-9-20-27-11-12-30(20)23(25)26/h2-8,11-14,23H,9-10H2,1H3,(H,28,32). The Bertz CT molecular complexity index is 1230. The molecule has 0 aliphatic rings. The molecule has 4 rings (SSSR count). The first kappa shape index (κ1) is 21.4. The highest BCUT2D eigenvalue weighted by atomic mass is 19.3. The van der Waals surface area contributed by atoms with Crippen LogP contribution in [0.25, 0.3) is 16.9 Å². The molecule has 6 nitrogen and oxygen atoms in total. The number of halogens is 3. The molecule has 32 heavy (non-hydrogen) atoms. The number of alkyl halides is 2. The first-order chi connectivity index (χ1) is 15.4. The van der Waals surface area contributed by atoms with Crippen molar-refractivity contribution in [2.45, 2.75) is 19.9 Å². The lowest BCUT2D eigenvalue weighted by Crippen LogP contribution is -2.26. The minimum atomic E-state index is -2.69. The summed E-state index contributed by atoms with van der Waals surface area (Å²) in [6.45, 7) is -0.631. The van der Waals surface area contributed by atoms with E-state index in [0.29, 0.717) is 16.9 Å². The van der Waals surface area contributed by atoms with Gasteiger partial charge in [0.2, 0.25) is 0 Å². The van der Waals surface area contributed by atoms with Gasteiger partial charge < -0.3 is 5.32 Å². The quantitative estimate of drug-likeness (QED) is 0.460. The van der Waals surface area contributed by atoms with E-state index in [2.05, 4.69) is 15.4 Å². The zero-order valence-corrected chi connectivity index (χ0v) is 17.2. The molecule has 0 spiro atoms. The smallest absolute Gasteiger partial charge is 0.319 e. The van der Waals surface area contributed by atoms with Gasteiger partial charge in [0.1, 0.15) is 17.3 Å². The summed E-state index contributed by atoms with van der Waals surface area (Å²) in [5.41, 5.74) is 3.13. The molecule has 2 aromatic carbocycles. The molecule has 0 aliphatic heterocycles. The van der Waals surface area contributed by atoms with Crippen molar-refractivity contribution in [3.8, 4) is 16.9 Å². The van der Waals surface area contributed by atoms with Crippen LogP contribution in [0.2, 0.25) is 0 Å². The maximum absolute atomic E-state index is 13.3. The summed E-state index contributed by atoms with van der Waals surface area (Å²) in [5, 5.41) is 7.31. The number of rotatable bonds is 7. The average Bonchev–Trinajstić information content (AvgIpc) is 3.42. The number of hydrogen-bond donors (Lipinski definition) is 1. The second-order valence-electron chi connectivity index (χ2n) is 7.22. The molecule has 0 radical (unpaired) electrons. The van der Waals surface area contributed by atoms with Crippen molar-refractivity contribution in [2.75, 3.05) is 6.54 Å². The van der Waals surface area contributed by atoms with Gasteiger partial charge in [-0.25, -0.2) is 14.1 Å². The van der Waals surface area contributed by atoms with Gasteiger partial charge in [-0.05, 0) is 37.3 Å². The first-order valence-corrected chi connectivity index (χ1v) is 9.93. The highest BCUT2D eigenvalue weighted by molar-refractivity contribution is 6.00. The zero-order chi connectivity index (χ0) is 22.7. The summed E-state index contributed by atoms with van der Waals surface area (Å²) < 4.78 is 41.5. The lowest BCUT2D eigenvalue weighted by Gasteiger charge is -2.08. The molecular weight excluding hydrogens is 419 g/mol. The molecule has 9 heteroatoms. The van der Waals surface area contributed by atoms with Crippen molar-refractivity contribution < 1.29 is 18.0 Å². The third-order valence-corrected chi connectivity index (χ3v) is 4.93. The monoisotopic (exact) mass is 439 g/mol. The lowest BCUT2D eigenvalue weighted by molar-refractivity contribution is 0.0670. The zero-order valence-electron chi connectivity index (χ0n) is 17.2. The predicted molar refractivity (Wildman–Crippen MR) is 113 cm³/mol. The molecule has 0 saturated heterocycles. The fraction of sp³-hybridized carbons (Fsp3) is 0.174. The van der Waals surface area contributed by atoms with Crippen molar-refractivity contribution in [1.29, 1.82) is 0 Å². The third kappa shape index (κ3) is 4.56. The number of hydrogen-bond acceptors (Lipinski definition) is 3. The second kappa shape index (κ2) is 9.09. The van der Waals surface area contributed by atoms with E-state index in [1.54, 1.807) is 18.3 Å². The molecule has 0 aliphatic carbocycles. The molecule has 1 N–H and O–H groups in total. The van der Waals surface area contributed by atoms with E-state index in [0.717, 1.165) is 15.7 Å². The van der Waals surface area contributed by atoms with Crippen LogP contribution in [-0.2, 0) is 6.42 Å². The van der Waals surface area contributed by atoms with E-state index < -0.39 is 12.5 Å². The van der Waals surface area contributed by atoms with Crippen molar-refractivity contribution in [2.24, 2.45) is 0 Å². The van der Waals surface area contributed by atoms with E-state index >= 15 is 0 Å². The van der Waals surface area contributed by atoms with Crippen LogP contribution in [0.5, 0.6) is 0 Å². The number of carbonyl (C=O) groups excluding carboxylic acids is 1. The molecule has 2 aromatic heterocycles. The van der Waals surface area contributed by atoms with Crippen molar-refractivity contribution in [3.63, 3.8) is 0 Å². The van der Waals surface area contributed by atoms with Crippen molar-refractivity contribution in [3.05, 3.63) is 89.9 Å². The molecule has 0 unspecified atom stereocenters. The first-order valence-electron chi connectivity index (χ1n) is 9.93. The number of aryl methyl sites for hydroxylation is 1. The Morgan fingerprint density at radius 1 is 1.16 bits per heavy atom. The number of imidazole rings is 1. The number of nitrogens with one attached hydrogen (secondary N) is 1. The highest BCUT2D eigenvalue weighted by Gasteiger charge is 2.19. The van der Waals surface area contributed by atoms with Crippen LogP contribution in [0.4, 0.5) is 13.2 Å². The summed E-state index contributed by atoms with van der Waals surface area (Å²) in [6, 6.07) is 13.3.